The maximum Gasteiger partial charge on any atom is 0.318 e. The molecule has 0 spiro atoms. The third kappa shape index (κ3) is 1.32. The van der Waals surface area contributed by atoms with Gasteiger partial charge >= 0.3 is 25.1 Å². The SMILES string of the molecule is c1cc(-c2cc[o+]cc2)cc[o+]1. The van der Waals surface area contributed by atoms with Crippen molar-refractivity contribution >= 4 is 0 Å². The van der Waals surface area contributed by atoms with Crippen LogP contribution in [0.3, 0.4) is 0 Å². The maximum absolute atomic E-state index is 4.92. The fourth-order valence-electron chi connectivity index (χ4n) is 1.04. The van der Waals surface area contributed by atoms with Crippen LogP contribution in [0.1, 0.15) is 0 Å². The molecule has 0 aliphatic heterocycles. The van der Waals surface area contributed by atoms with Gasteiger partial charge in [-0.15, -0.1) is 0 Å². The van der Waals surface area contributed by atoms with Crippen LogP contribution in [0.5, 0.6) is 0 Å². The van der Waals surface area contributed by atoms with Crippen molar-refractivity contribution in [1.82, 2.24) is 0 Å². The molecule has 58 valence electrons. The van der Waals surface area contributed by atoms with Gasteiger partial charge in [-0.3, -0.25) is 0 Å². The zero-order valence-corrected chi connectivity index (χ0v) is 6.44. The van der Waals surface area contributed by atoms with Gasteiger partial charge in [0.25, 0.3) is 0 Å². The van der Waals surface area contributed by atoms with E-state index >= 15 is 0 Å². The largest absolute Gasteiger partial charge is 0.318 e. The summed E-state index contributed by atoms with van der Waals surface area (Å²) in [5, 5.41) is 0. The molecule has 2 nitrogen and oxygen atoms in total. The normalized spacial score (nSPS) is 9.67. The second kappa shape index (κ2) is 3.13. The average Bonchev–Trinajstić information content (AvgIpc) is 2.21. The van der Waals surface area contributed by atoms with Crippen LogP contribution in [-0.2, 0) is 0 Å². The molecule has 0 radical (unpaired) electrons. The second-order valence-corrected chi connectivity index (χ2v) is 2.39. The van der Waals surface area contributed by atoms with E-state index in [9.17, 15) is 0 Å². The highest BCUT2D eigenvalue weighted by Crippen LogP contribution is 2.17. The van der Waals surface area contributed by atoms with Crippen molar-refractivity contribution in [1.29, 1.82) is 0 Å². The summed E-state index contributed by atoms with van der Waals surface area (Å²) in [6.45, 7) is 0. The maximum atomic E-state index is 4.92. The van der Waals surface area contributed by atoms with E-state index in [1.165, 1.54) is 0 Å². The highest BCUT2D eigenvalue weighted by atomic mass is 16.3. The van der Waals surface area contributed by atoms with Crippen molar-refractivity contribution < 1.29 is 8.83 Å². The first-order chi connectivity index (χ1) is 5.97. The third-order valence-electron chi connectivity index (χ3n) is 1.64. The molecule has 2 heterocycles. The standard InChI is InChI=1S/C10H8O2/c1-5-11-6-2-9(1)10-3-7-12-8-4-10/h1-8H/q+2. The minimum atomic E-state index is 1.12. The Morgan fingerprint density at radius 2 is 0.917 bits per heavy atom. The van der Waals surface area contributed by atoms with Crippen LogP contribution < -0.4 is 0 Å². The molecule has 2 rings (SSSR count). The molecule has 2 aromatic rings. The zero-order valence-electron chi connectivity index (χ0n) is 6.44. The molecule has 0 amide bonds. The van der Waals surface area contributed by atoms with E-state index < -0.39 is 0 Å². The molecule has 0 atom stereocenters. The minimum absolute atomic E-state index is 1.12. The molecule has 0 fully saturated rings. The van der Waals surface area contributed by atoms with Crippen molar-refractivity contribution in [3.05, 3.63) is 49.3 Å². The van der Waals surface area contributed by atoms with E-state index in [0.29, 0.717) is 0 Å². The third-order valence-corrected chi connectivity index (χ3v) is 1.64. The van der Waals surface area contributed by atoms with Gasteiger partial charge < -0.3 is 0 Å². The highest BCUT2D eigenvalue weighted by Gasteiger charge is 2.00. The number of hydrogen-bond donors (Lipinski definition) is 0. The van der Waals surface area contributed by atoms with Crippen LogP contribution in [0.4, 0.5) is 0 Å². The molecule has 0 saturated carbocycles. The molecular weight excluding hydrogens is 152 g/mol. The summed E-state index contributed by atoms with van der Waals surface area (Å²) in [6.07, 6.45) is 6.61. The lowest BCUT2D eigenvalue weighted by molar-refractivity contribution is 0.548. The first kappa shape index (κ1) is 6.98. The Morgan fingerprint density at radius 3 is 1.25 bits per heavy atom. The zero-order chi connectivity index (χ0) is 8.23. The van der Waals surface area contributed by atoms with Gasteiger partial charge in [-0.05, 0) is 11.1 Å². The van der Waals surface area contributed by atoms with E-state index in [4.69, 9.17) is 8.83 Å². The summed E-state index contributed by atoms with van der Waals surface area (Å²) >= 11 is 0. The summed E-state index contributed by atoms with van der Waals surface area (Å²) < 4.78 is 9.83. The lowest BCUT2D eigenvalue weighted by Crippen LogP contribution is -1.73. The van der Waals surface area contributed by atoms with Gasteiger partial charge in [-0.1, -0.05) is 0 Å². The van der Waals surface area contributed by atoms with Crippen LogP contribution in [0.2, 0.25) is 0 Å². The Morgan fingerprint density at radius 1 is 0.583 bits per heavy atom. The number of rotatable bonds is 1. The molecule has 0 aliphatic carbocycles. The van der Waals surface area contributed by atoms with Crippen LogP contribution >= 0.6 is 0 Å². The van der Waals surface area contributed by atoms with Gasteiger partial charge in [0.1, 0.15) is 0 Å². The van der Waals surface area contributed by atoms with E-state index in [-0.39, 0.29) is 0 Å². The predicted molar refractivity (Wildman–Crippen MR) is 45.2 cm³/mol. The monoisotopic (exact) mass is 160 g/mol. The molecule has 2 heteroatoms. The van der Waals surface area contributed by atoms with Crippen molar-refractivity contribution in [3.63, 3.8) is 0 Å². The van der Waals surface area contributed by atoms with Gasteiger partial charge in [0.2, 0.25) is 0 Å². The van der Waals surface area contributed by atoms with Crippen LogP contribution in [0.15, 0.2) is 58.2 Å². The van der Waals surface area contributed by atoms with Gasteiger partial charge in [0.15, 0.2) is 0 Å². The highest BCUT2D eigenvalue weighted by molar-refractivity contribution is 5.61. The summed E-state index contributed by atoms with van der Waals surface area (Å²) in [5.41, 5.74) is 2.24. The second-order valence-electron chi connectivity index (χ2n) is 2.39. The van der Waals surface area contributed by atoms with Crippen molar-refractivity contribution in [2.75, 3.05) is 0 Å². The first-order valence-corrected chi connectivity index (χ1v) is 3.68. The molecule has 12 heavy (non-hydrogen) atoms. The lowest BCUT2D eigenvalue weighted by atomic mass is 10.1. The van der Waals surface area contributed by atoms with Crippen LogP contribution in [0.25, 0.3) is 11.1 Å². The molecule has 0 unspecified atom stereocenters. The Hall–Kier alpha value is -1.70. The van der Waals surface area contributed by atoms with E-state index in [1.807, 2.05) is 24.3 Å². The molecule has 0 bridgehead atoms. The van der Waals surface area contributed by atoms with Gasteiger partial charge in [0, 0.05) is 24.3 Å². The summed E-state index contributed by atoms with van der Waals surface area (Å²) in [7, 11) is 0. The molecule has 0 aliphatic rings. The summed E-state index contributed by atoms with van der Waals surface area (Å²) in [6, 6.07) is 7.65. The van der Waals surface area contributed by atoms with Crippen LogP contribution in [-0.4, -0.2) is 0 Å². The topological polar surface area (TPSA) is 22.6 Å². The molecular formula is C10H8O2+2. The van der Waals surface area contributed by atoms with Crippen molar-refractivity contribution in [2.45, 2.75) is 0 Å². The Balaban J connectivity index is 2.46. The van der Waals surface area contributed by atoms with E-state index in [1.54, 1.807) is 25.1 Å². The molecule has 0 aromatic carbocycles. The lowest BCUT2D eigenvalue weighted by Gasteiger charge is -1.90. The summed E-state index contributed by atoms with van der Waals surface area (Å²) in [5.74, 6) is 0. The first-order valence-electron chi connectivity index (χ1n) is 3.68. The number of hydrogen-bond acceptors (Lipinski definition) is 0. The predicted octanol–water partition coefficient (Wildman–Crippen LogP) is 3.10. The quantitative estimate of drug-likeness (QED) is 0.598. The van der Waals surface area contributed by atoms with Gasteiger partial charge in [-0.25, -0.2) is 8.83 Å². The fourth-order valence-corrected chi connectivity index (χ4v) is 1.04. The van der Waals surface area contributed by atoms with Gasteiger partial charge in [0.05, 0.1) is 0 Å². The summed E-state index contributed by atoms with van der Waals surface area (Å²) in [4.78, 5) is 0. The van der Waals surface area contributed by atoms with Crippen molar-refractivity contribution in [2.24, 2.45) is 0 Å². The molecule has 0 N–H and O–H groups in total. The Labute approximate surface area is 70.1 Å². The average molecular weight is 160 g/mol. The van der Waals surface area contributed by atoms with Gasteiger partial charge in [-0.2, -0.15) is 0 Å². The van der Waals surface area contributed by atoms with E-state index in [0.717, 1.165) is 11.1 Å². The van der Waals surface area contributed by atoms with Crippen molar-refractivity contribution in [3.8, 4) is 11.1 Å². The fraction of sp³-hybridized carbons (Fsp3) is 0. The molecule has 0 saturated heterocycles. The smallest absolute Gasteiger partial charge is 0.224 e. The minimum Gasteiger partial charge on any atom is -0.224 e. The Bertz CT molecular complexity index is 305. The van der Waals surface area contributed by atoms with Crippen LogP contribution in [0, 0.1) is 0 Å². The van der Waals surface area contributed by atoms with E-state index in [2.05, 4.69) is 0 Å². The molecule has 2 aromatic heterocycles. The Kier molecular flexibility index (Phi) is 1.82.